The van der Waals surface area contributed by atoms with Crippen molar-refractivity contribution in [3.63, 3.8) is 0 Å². The summed E-state index contributed by atoms with van der Waals surface area (Å²) in [5.74, 6) is -0.959. The molecule has 0 fully saturated rings. The van der Waals surface area contributed by atoms with Crippen LogP contribution in [0.15, 0.2) is 12.7 Å². The second-order valence-corrected chi connectivity index (χ2v) is 3.08. The minimum atomic E-state index is -0.716. The molecule has 4 heteroatoms. The average molecular weight is 188 g/mol. The fraction of sp³-hybridized carbons (Fsp3) is 0.667. The van der Waals surface area contributed by atoms with Crippen LogP contribution in [0.2, 0.25) is 0 Å². The minimum Gasteiger partial charge on any atom is -0.463 e. The Bertz CT molecular complexity index is 176. The quantitative estimate of drug-likeness (QED) is 0.308. The molecule has 0 saturated heterocycles. The van der Waals surface area contributed by atoms with Gasteiger partial charge < -0.3 is 4.74 Å². The molecule has 76 valence electrons. The van der Waals surface area contributed by atoms with Crippen LogP contribution in [0.1, 0.15) is 20.8 Å². The molecule has 0 unspecified atom stereocenters. The number of hydrogen-bond acceptors (Lipinski definition) is 4. The van der Waals surface area contributed by atoms with Crippen molar-refractivity contribution in [1.29, 1.82) is 0 Å². The van der Waals surface area contributed by atoms with Gasteiger partial charge in [0.1, 0.15) is 6.10 Å². The summed E-state index contributed by atoms with van der Waals surface area (Å²) < 4.78 is 4.92. The van der Waals surface area contributed by atoms with Crippen LogP contribution in [0.3, 0.4) is 0 Å². The van der Waals surface area contributed by atoms with Gasteiger partial charge >= 0.3 is 5.97 Å². The fourth-order valence-electron chi connectivity index (χ4n) is 0.812. The molecule has 0 radical (unpaired) electrons. The lowest BCUT2D eigenvalue weighted by molar-refractivity contribution is -0.275. The zero-order chi connectivity index (χ0) is 10.4. The summed E-state index contributed by atoms with van der Waals surface area (Å²) >= 11 is 0. The van der Waals surface area contributed by atoms with Crippen molar-refractivity contribution in [1.82, 2.24) is 0 Å². The number of rotatable bonds is 5. The number of hydrogen-bond donors (Lipinski definition) is 1. The molecule has 0 aromatic carbocycles. The van der Waals surface area contributed by atoms with E-state index in [0.29, 0.717) is 0 Å². The first kappa shape index (κ1) is 12.1. The van der Waals surface area contributed by atoms with Crippen molar-refractivity contribution >= 4 is 5.97 Å². The molecule has 13 heavy (non-hydrogen) atoms. The minimum absolute atomic E-state index is 0.167. The smallest absolute Gasteiger partial charge is 0.312 e. The van der Waals surface area contributed by atoms with Crippen LogP contribution in [0, 0.1) is 5.92 Å². The van der Waals surface area contributed by atoms with Crippen LogP contribution in [0.5, 0.6) is 0 Å². The van der Waals surface area contributed by atoms with Crippen molar-refractivity contribution < 1.29 is 19.7 Å². The van der Waals surface area contributed by atoms with Crippen LogP contribution in [-0.2, 0) is 14.4 Å². The van der Waals surface area contributed by atoms with Crippen LogP contribution in [-0.4, -0.2) is 23.4 Å². The van der Waals surface area contributed by atoms with E-state index in [9.17, 15) is 4.79 Å². The van der Waals surface area contributed by atoms with Crippen molar-refractivity contribution in [2.45, 2.75) is 33.0 Å². The molecular formula is C9H16O4. The van der Waals surface area contributed by atoms with Gasteiger partial charge in [-0.3, -0.25) is 10.1 Å². The number of carbonyl (C=O) groups is 1. The molecule has 0 bridgehead atoms. The third-order valence-corrected chi connectivity index (χ3v) is 1.57. The molecule has 0 aliphatic rings. The first-order chi connectivity index (χ1) is 6.02. The van der Waals surface area contributed by atoms with Crippen LogP contribution >= 0.6 is 0 Å². The second kappa shape index (κ2) is 5.72. The summed E-state index contributed by atoms with van der Waals surface area (Å²) in [6.07, 6.45) is 0.469. The molecule has 0 amide bonds. The first-order valence-electron chi connectivity index (χ1n) is 4.16. The summed E-state index contributed by atoms with van der Waals surface area (Å²) in [7, 11) is 0. The fourth-order valence-corrected chi connectivity index (χ4v) is 0.812. The Kier molecular flexibility index (Phi) is 5.34. The molecule has 0 heterocycles. The molecule has 0 aliphatic heterocycles. The Hall–Kier alpha value is -0.870. The molecule has 0 aliphatic carbocycles. The zero-order valence-electron chi connectivity index (χ0n) is 8.19. The number of esters is 1. The predicted molar refractivity (Wildman–Crippen MR) is 48.1 cm³/mol. The highest BCUT2D eigenvalue weighted by atomic mass is 17.1. The summed E-state index contributed by atoms with van der Waals surface area (Å²) in [5.41, 5.74) is 0. The molecule has 1 N–H and O–H groups in total. The Morgan fingerprint density at radius 1 is 1.46 bits per heavy atom. The van der Waals surface area contributed by atoms with E-state index in [1.807, 2.05) is 0 Å². The third kappa shape index (κ3) is 4.05. The average Bonchev–Trinajstić information content (AvgIpc) is 2.05. The van der Waals surface area contributed by atoms with E-state index >= 15 is 0 Å². The largest absolute Gasteiger partial charge is 0.463 e. The lowest BCUT2D eigenvalue weighted by Crippen LogP contribution is -2.29. The topological polar surface area (TPSA) is 55.8 Å². The maximum absolute atomic E-state index is 11.3. The maximum atomic E-state index is 11.3. The van der Waals surface area contributed by atoms with E-state index in [2.05, 4.69) is 11.5 Å². The van der Waals surface area contributed by atoms with Gasteiger partial charge in [-0.05, 0) is 20.8 Å². The SMILES string of the molecule is C=C[C@@H](OO)[C@@H](C)C(=O)OC(C)C. The Labute approximate surface area is 78.1 Å². The predicted octanol–water partition coefficient (Wildman–Crippen LogP) is 1.62. The Balaban J connectivity index is 4.14. The van der Waals surface area contributed by atoms with E-state index < -0.39 is 18.0 Å². The van der Waals surface area contributed by atoms with Crippen LogP contribution in [0.25, 0.3) is 0 Å². The van der Waals surface area contributed by atoms with Gasteiger partial charge in [0.25, 0.3) is 0 Å². The Morgan fingerprint density at radius 2 is 2.00 bits per heavy atom. The number of carbonyl (C=O) groups excluding carboxylic acids is 1. The summed E-state index contributed by atoms with van der Waals surface area (Å²) in [6.45, 7) is 8.54. The van der Waals surface area contributed by atoms with Gasteiger partial charge in [0.05, 0.1) is 12.0 Å². The first-order valence-corrected chi connectivity index (χ1v) is 4.16. The molecule has 0 aromatic heterocycles. The van der Waals surface area contributed by atoms with Crippen molar-refractivity contribution in [2.24, 2.45) is 5.92 Å². The summed E-state index contributed by atoms with van der Waals surface area (Å²) in [4.78, 5) is 15.3. The van der Waals surface area contributed by atoms with Crippen LogP contribution < -0.4 is 0 Å². The Morgan fingerprint density at radius 3 is 2.31 bits per heavy atom. The van der Waals surface area contributed by atoms with Gasteiger partial charge in [-0.2, -0.15) is 0 Å². The lowest BCUT2D eigenvalue weighted by Gasteiger charge is -2.17. The standard InChI is InChI=1S/C9H16O4/c1-5-8(13-11)7(4)9(10)12-6(2)3/h5-8,11H,1H2,2-4H3/t7-,8-/m1/s1. The zero-order valence-corrected chi connectivity index (χ0v) is 8.19. The molecular weight excluding hydrogens is 172 g/mol. The van der Waals surface area contributed by atoms with Crippen molar-refractivity contribution in [3.8, 4) is 0 Å². The highest BCUT2D eigenvalue weighted by molar-refractivity contribution is 5.73. The molecule has 0 aromatic rings. The van der Waals surface area contributed by atoms with Crippen LogP contribution in [0.4, 0.5) is 0 Å². The number of ether oxygens (including phenoxy) is 1. The van der Waals surface area contributed by atoms with Gasteiger partial charge in [0.2, 0.25) is 0 Å². The van der Waals surface area contributed by atoms with E-state index in [0.717, 1.165) is 0 Å². The summed E-state index contributed by atoms with van der Waals surface area (Å²) in [5, 5.41) is 8.40. The van der Waals surface area contributed by atoms with Gasteiger partial charge in [-0.25, -0.2) is 4.89 Å². The lowest BCUT2D eigenvalue weighted by atomic mass is 10.1. The molecule has 2 atom stereocenters. The highest BCUT2D eigenvalue weighted by Gasteiger charge is 2.24. The second-order valence-electron chi connectivity index (χ2n) is 3.08. The van der Waals surface area contributed by atoms with E-state index in [1.54, 1.807) is 20.8 Å². The van der Waals surface area contributed by atoms with Crippen molar-refractivity contribution in [2.75, 3.05) is 0 Å². The van der Waals surface area contributed by atoms with Gasteiger partial charge in [0.15, 0.2) is 0 Å². The van der Waals surface area contributed by atoms with Gasteiger partial charge in [-0.15, -0.1) is 6.58 Å². The van der Waals surface area contributed by atoms with Gasteiger partial charge in [-0.1, -0.05) is 6.08 Å². The molecule has 4 nitrogen and oxygen atoms in total. The third-order valence-electron chi connectivity index (χ3n) is 1.57. The normalized spacial score (nSPS) is 15.2. The van der Waals surface area contributed by atoms with Gasteiger partial charge in [0, 0.05) is 0 Å². The van der Waals surface area contributed by atoms with E-state index in [4.69, 9.17) is 9.99 Å². The summed E-state index contributed by atoms with van der Waals surface area (Å²) in [6, 6.07) is 0. The van der Waals surface area contributed by atoms with E-state index in [1.165, 1.54) is 6.08 Å². The van der Waals surface area contributed by atoms with Crippen molar-refractivity contribution in [3.05, 3.63) is 12.7 Å². The molecule has 0 saturated carbocycles. The van der Waals surface area contributed by atoms with E-state index in [-0.39, 0.29) is 6.10 Å². The molecule has 0 spiro atoms. The maximum Gasteiger partial charge on any atom is 0.312 e. The monoisotopic (exact) mass is 188 g/mol. The molecule has 0 rings (SSSR count). The highest BCUT2D eigenvalue weighted by Crippen LogP contribution is 2.10.